The number of amides is 1. The third-order valence-corrected chi connectivity index (χ3v) is 4.08. The highest BCUT2D eigenvalue weighted by Crippen LogP contribution is 2.28. The van der Waals surface area contributed by atoms with E-state index in [1.54, 1.807) is 11.0 Å². The van der Waals surface area contributed by atoms with E-state index < -0.39 is 11.6 Å². The van der Waals surface area contributed by atoms with Gasteiger partial charge in [-0.1, -0.05) is 0 Å². The summed E-state index contributed by atoms with van der Waals surface area (Å²) in [5.74, 6) is -0.404. The van der Waals surface area contributed by atoms with Gasteiger partial charge in [-0.3, -0.25) is 0 Å². The molecule has 2 rings (SSSR count). The summed E-state index contributed by atoms with van der Waals surface area (Å²) >= 11 is 0. The molecular formula is C18H27N3O4. The molecule has 0 bridgehead atoms. The van der Waals surface area contributed by atoms with Crippen molar-refractivity contribution in [2.75, 3.05) is 43.9 Å². The number of nitrogens with two attached hydrogens (primary N) is 1. The molecule has 0 unspecified atom stereocenters. The van der Waals surface area contributed by atoms with E-state index in [-0.39, 0.29) is 6.09 Å². The molecule has 1 saturated heterocycles. The standard InChI is InChI=1S/C18H27N3O4/c1-12-14(16(22)24-5)10-13(19)11-15(12)20-6-8-21(9-7-20)17(23)25-18(2,3)4/h10-11H,6-9,19H2,1-5H3. The number of hydrogen-bond acceptors (Lipinski definition) is 6. The Balaban J connectivity index is 2.12. The minimum atomic E-state index is -0.506. The average molecular weight is 349 g/mol. The Labute approximate surface area is 148 Å². The zero-order valence-electron chi connectivity index (χ0n) is 15.6. The zero-order valence-corrected chi connectivity index (χ0v) is 15.6. The van der Waals surface area contributed by atoms with Crippen molar-refractivity contribution in [2.24, 2.45) is 0 Å². The highest BCUT2D eigenvalue weighted by atomic mass is 16.6. The van der Waals surface area contributed by atoms with Gasteiger partial charge in [0.2, 0.25) is 0 Å². The molecule has 0 aliphatic carbocycles. The Bertz CT molecular complexity index is 659. The fraction of sp³-hybridized carbons (Fsp3) is 0.556. The molecule has 25 heavy (non-hydrogen) atoms. The summed E-state index contributed by atoms with van der Waals surface area (Å²) in [7, 11) is 1.35. The fourth-order valence-electron chi connectivity index (χ4n) is 2.83. The molecule has 7 nitrogen and oxygen atoms in total. The molecule has 7 heteroatoms. The molecule has 0 saturated carbocycles. The first kappa shape index (κ1) is 18.9. The van der Waals surface area contributed by atoms with Crippen LogP contribution in [-0.2, 0) is 9.47 Å². The van der Waals surface area contributed by atoms with Gasteiger partial charge in [-0.2, -0.15) is 0 Å². The van der Waals surface area contributed by atoms with Crippen LogP contribution in [0.2, 0.25) is 0 Å². The van der Waals surface area contributed by atoms with E-state index in [2.05, 4.69) is 4.90 Å². The summed E-state index contributed by atoms with van der Waals surface area (Å²) < 4.78 is 10.2. The summed E-state index contributed by atoms with van der Waals surface area (Å²) in [6.45, 7) is 9.83. The molecule has 0 radical (unpaired) electrons. The number of nitrogen functional groups attached to an aromatic ring is 1. The summed E-state index contributed by atoms with van der Waals surface area (Å²) in [5.41, 5.74) is 8.14. The molecule has 1 amide bonds. The number of ether oxygens (including phenoxy) is 2. The number of anilines is 2. The van der Waals surface area contributed by atoms with Crippen molar-refractivity contribution in [3.8, 4) is 0 Å². The average Bonchev–Trinajstić information content (AvgIpc) is 2.54. The maximum absolute atomic E-state index is 12.2. The Morgan fingerprint density at radius 3 is 2.24 bits per heavy atom. The number of rotatable bonds is 2. The van der Waals surface area contributed by atoms with Gasteiger partial charge in [0.25, 0.3) is 0 Å². The number of benzene rings is 1. The van der Waals surface area contributed by atoms with Crippen molar-refractivity contribution in [1.82, 2.24) is 4.90 Å². The van der Waals surface area contributed by atoms with Crippen LogP contribution in [0.1, 0.15) is 36.7 Å². The molecular weight excluding hydrogens is 322 g/mol. The van der Waals surface area contributed by atoms with Crippen molar-refractivity contribution in [2.45, 2.75) is 33.3 Å². The van der Waals surface area contributed by atoms with E-state index in [0.717, 1.165) is 11.3 Å². The Hall–Kier alpha value is -2.44. The van der Waals surface area contributed by atoms with Gasteiger partial charge in [-0.15, -0.1) is 0 Å². The van der Waals surface area contributed by atoms with Crippen molar-refractivity contribution < 1.29 is 19.1 Å². The van der Waals surface area contributed by atoms with Crippen LogP contribution in [0.15, 0.2) is 12.1 Å². The van der Waals surface area contributed by atoms with Gasteiger partial charge in [0.1, 0.15) is 5.60 Å². The van der Waals surface area contributed by atoms with Gasteiger partial charge in [-0.05, 0) is 45.4 Å². The Morgan fingerprint density at radius 1 is 1.12 bits per heavy atom. The number of nitrogens with zero attached hydrogens (tertiary/aromatic N) is 2. The van der Waals surface area contributed by atoms with Gasteiger partial charge in [0.05, 0.1) is 12.7 Å². The predicted octanol–water partition coefficient (Wildman–Crippen LogP) is 2.42. The predicted molar refractivity (Wildman–Crippen MR) is 97.0 cm³/mol. The minimum absolute atomic E-state index is 0.299. The van der Waals surface area contributed by atoms with E-state index in [0.29, 0.717) is 37.4 Å². The van der Waals surface area contributed by atoms with E-state index in [4.69, 9.17) is 15.2 Å². The maximum Gasteiger partial charge on any atom is 0.410 e. The lowest BCUT2D eigenvalue weighted by molar-refractivity contribution is 0.0240. The van der Waals surface area contributed by atoms with Crippen LogP contribution >= 0.6 is 0 Å². The lowest BCUT2D eigenvalue weighted by Gasteiger charge is -2.37. The second kappa shape index (κ2) is 7.21. The molecule has 1 aromatic rings. The van der Waals surface area contributed by atoms with E-state index >= 15 is 0 Å². The summed E-state index contributed by atoms with van der Waals surface area (Å²) in [4.78, 5) is 27.9. The molecule has 1 heterocycles. The quantitative estimate of drug-likeness (QED) is 0.652. The van der Waals surface area contributed by atoms with Crippen LogP contribution in [0.5, 0.6) is 0 Å². The van der Waals surface area contributed by atoms with Gasteiger partial charge < -0.3 is 25.0 Å². The van der Waals surface area contributed by atoms with E-state index in [9.17, 15) is 9.59 Å². The minimum Gasteiger partial charge on any atom is -0.465 e. The van der Waals surface area contributed by atoms with Crippen molar-refractivity contribution in [3.05, 3.63) is 23.3 Å². The number of methoxy groups -OCH3 is 1. The number of esters is 1. The third kappa shape index (κ3) is 4.55. The summed E-state index contributed by atoms with van der Waals surface area (Å²) in [6, 6.07) is 3.48. The monoisotopic (exact) mass is 349 g/mol. The largest absolute Gasteiger partial charge is 0.465 e. The molecule has 0 spiro atoms. The molecule has 1 aromatic carbocycles. The molecule has 1 fully saturated rings. The van der Waals surface area contributed by atoms with Crippen LogP contribution in [0, 0.1) is 6.92 Å². The van der Waals surface area contributed by atoms with Crippen LogP contribution in [0.3, 0.4) is 0 Å². The SMILES string of the molecule is COC(=O)c1cc(N)cc(N2CCN(C(=O)OC(C)(C)C)CC2)c1C. The number of carbonyl (C=O) groups is 2. The fourth-order valence-corrected chi connectivity index (χ4v) is 2.83. The number of hydrogen-bond donors (Lipinski definition) is 1. The van der Waals surface area contributed by atoms with Gasteiger partial charge in [-0.25, -0.2) is 9.59 Å². The first-order valence-corrected chi connectivity index (χ1v) is 8.33. The molecule has 0 atom stereocenters. The summed E-state index contributed by atoms with van der Waals surface area (Å²) in [5, 5.41) is 0. The van der Waals surface area contributed by atoms with Crippen LogP contribution in [0.4, 0.5) is 16.2 Å². The number of piperazine rings is 1. The smallest absolute Gasteiger partial charge is 0.410 e. The second-order valence-corrected chi connectivity index (χ2v) is 7.16. The Kier molecular flexibility index (Phi) is 5.45. The molecule has 2 N–H and O–H groups in total. The molecule has 138 valence electrons. The highest BCUT2D eigenvalue weighted by molar-refractivity contribution is 5.94. The summed E-state index contributed by atoms with van der Waals surface area (Å²) in [6.07, 6.45) is -0.299. The van der Waals surface area contributed by atoms with Gasteiger partial charge in [0.15, 0.2) is 0 Å². The maximum atomic E-state index is 12.2. The second-order valence-electron chi connectivity index (χ2n) is 7.16. The van der Waals surface area contributed by atoms with E-state index in [1.165, 1.54) is 7.11 Å². The van der Waals surface area contributed by atoms with Crippen molar-refractivity contribution in [3.63, 3.8) is 0 Å². The lowest BCUT2D eigenvalue weighted by Crippen LogP contribution is -2.50. The van der Waals surface area contributed by atoms with Crippen LogP contribution in [0.25, 0.3) is 0 Å². The van der Waals surface area contributed by atoms with E-state index in [1.807, 2.05) is 33.8 Å². The molecule has 1 aliphatic rings. The number of carbonyl (C=O) groups excluding carboxylic acids is 2. The van der Waals surface area contributed by atoms with Crippen molar-refractivity contribution in [1.29, 1.82) is 0 Å². The highest BCUT2D eigenvalue weighted by Gasteiger charge is 2.27. The molecule has 0 aromatic heterocycles. The third-order valence-electron chi connectivity index (χ3n) is 4.08. The van der Waals surface area contributed by atoms with Crippen molar-refractivity contribution >= 4 is 23.4 Å². The Morgan fingerprint density at radius 2 is 1.72 bits per heavy atom. The van der Waals surface area contributed by atoms with Crippen LogP contribution < -0.4 is 10.6 Å². The topological polar surface area (TPSA) is 85.1 Å². The zero-order chi connectivity index (χ0) is 18.8. The normalized spacial score (nSPS) is 15.1. The lowest BCUT2D eigenvalue weighted by atomic mass is 10.0. The van der Waals surface area contributed by atoms with Crippen LogP contribution in [-0.4, -0.2) is 55.9 Å². The first-order chi connectivity index (χ1) is 11.6. The van der Waals surface area contributed by atoms with Gasteiger partial charge >= 0.3 is 12.1 Å². The first-order valence-electron chi connectivity index (χ1n) is 8.33. The van der Waals surface area contributed by atoms with Gasteiger partial charge in [0, 0.05) is 37.6 Å². The molecule has 1 aliphatic heterocycles.